The molecule has 2 aliphatic carbocycles. The number of allylic oxidation sites excluding steroid dienone is 6. The van der Waals surface area contributed by atoms with E-state index in [-0.39, 0.29) is 35.2 Å². The molecule has 2 rings (SSSR count). The fourth-order valence-electron chi connectivity index (χ4n) is 7.58. The van der Waals surface area contributed by atoms with Gasteiger partial charge < -0.3 is 19.3 Å². The van der Waals surface area contributed by atoms with Crippen molar-refractivity contribution >= 4 is 11.9 Å². The Morgan fingerprint density at radius 3 is 1.12 bits per heavy atom. The second-order valence-electron chi connectivity index (χ2n) is 16.9. The standard InChI is InChI=1S/C46H68N6O4/c1-9-13-21-51(22-14-10-2)41-29-45(5,6)27-35(37(41)31-47)39(33-49)43(53)55-25-19-17-18-20-26-56-44(54)40(34-50)36-28-46(7,8)30-42(38(36)32-48)52(23-15-11-3)24-16-12-4/h9-30H2,1-8H3/b39-35+,40-36+. The molecule has 0 N–H and O–H groups in total. The van der Waals surface area contributed by atoms with Crippen LogP contribution in [0.4, 0.5) is 0 Å². The van der Waals surface area contributed by atoms with Gasteiger partial charge in [0.25, 0.3) is 0 Å². The molecule has 0 unspecified atom stereocenters. The third-order valence-electron chi connectivity index (χ3n) is 10.6. The third kappa shape index (κ3) is 14.2. The van der Waals surface area contributed by atoms with Crippen molar-refractivity contribution in [2.24, 2.45) is 10.8 Å². The summed E-state index contributed by atoms with van der Waals surface area (Å²) in [6.07, 6.45) is 12.9. The molecule has 306 valence electrons. The summed E-state index contributed by atoms with van der Waals surface area (Å²) >= 11 is 0. The van der Waals surface area contributed by atoms with Crippen LogP contribution in [0.3, 0.4) is 0 Å². The summed E-state index contributed by atoms with van der Waals surface area (Å²) in [5.74, 6) is -1.41. The highest BCUT2D eigenvalue weighted by molar-refractivity contribution is 5.95. The van der Waals surface area contributed by atoms with Crippen LogP contribution in [0.5, 0.6) is 0 Å². The summed E-state index contributed by atoms with van der Waals surface area (Å²) in [6.45, 7) is 20.6. The van der Waals surface area contributed by atoms with Crippen LogP contribution in [0.25, 0.3) is 0 Å². The van der Waals surface area contributed by atoms with Crippen LogP contribution in [0.2, 0.25) is 0 Å². The lowest BCUT2D eigenvalue weighted by molar-refractivity contribution is -0.140. The van der Waals surface area contributed by atoms with E-state index in [0.717, 1.165) is 88.9 Å². The minimum atomic E-state index is -0.703. The number of carbonyl (C=O) groups excluding carboxylic acids is 2. The molecule has 0 aliphatic heterocycles. The SMILES string of the molecule is CCCCN(CCCC)C1=C(C#N)/C(=C(\C#N)C(=O)OCCCCCCOC(=O)/C(C#N)=C2\CC(C)(C)CC(N(CCCC)CCCC)=C2C#N)CC(C)(C)C1. The number of nitriles is 4. The van der Waals surface area contributed by atoms with Crippen LogP contribution < -0.4 is 0 Å². The fraction of sp³-hybridized carbons (Fsp3) is 0.696. The molecule has 0 amide bonds. The molecule has 0 radical (unpaired) electrons. The number of esters is 2. The second kappa shape index (κ2) is 24.2. The molecule has 0 saturated carbocycles. The van der Waals surface area contributed by atoms with Crippen molar-refractivity contribution < 1.29 is 19.1 Å². The van der Waals surface area contributed by atoms with Crippen LogP contribution >= 0.6 is 0 Å². The van der Waals surface area contributed by atoms with Crippen molar-refractivity contribution in [1.29, 1.82) is 21.0 Å². The molecule has 0 aromatic carbocycles. The highest BCUT2D eigenvalue weighted by atomic mass is 16.5. The highest BCUT2D eigenvalue weighted by Gasteiger charge is 2.37. The first-order valence-electron chi connectivity index (χ1n) is 21.2. The van der Waals surface area contributed by atoms with E-state index in [2.05, 4.69) is 89.5 Å². The van der Waals surface area contributed by atoms with Gasteiger partial charge in [0.1, 0.15) is 35.4 Å². The van der Waals surface area contributed by atoms with Crippen LogP contribution in [-0.2, 0) is 19.1 Å². The number of carbonyl (C=O) groups is 2. The van der Waals surface area contributed by atoms with Gasteiger partial charge in [-0.05, 0) is 99.0 Å². The maximum Gasteiger partial charge on any atom is 0.349 e. The zero-order chi connectivity index (χ0) is 41.7. The summed E-state index contributed by atoms with van der Waals surface area (Å²) < 4.78 is 11.1. The fourth-order valence-corrected chi connectivity index (χ4v) is 7.58. The Bertz CT molecular complexity index is 1510. The zero-order valence-electron chi connectivity index (χ0n) is 35.9. The summed E-state index contributed by atoms with van der Waals surface area (Å²) in [4.78, 5) is 31.1. The van der Waals surface area contributed by atoms with E-state index in [1.54, 1.807) is 0 Å². The van der Waals surface area contributed by atoms with Crippen molar-refractivity contribution in [2.75, 3.05) is 39.4 Å². The van der Waals surface area contributed by atoms with Gasteiger partial charge in [-0.2, -0.15) is 21.0 Å². The molecule has 0 spiro atoms. The summed E-state index contributed by atoms with van der Waals surface area (Å²) in [5, 5.41) is 40.9. The van der Waals surface area contributed by atoms with E-state index in [4.69, 9.17) is 9.47 Å². The maximum absolute atomic E-state index is 13.3. The van der Waals surface area contributed by atoms with Gasteiger partial charge in [0, 0.05) is 37.6 Å². The predicted molar refractivity (Wildman–Crippen MR) is 220 cm³/mol. The van der Waals surface area contributed by atoms with Crippen molar-refractivity contribution in [2.45, 2.75) is 158 Å². The number of ether oxygens (including phenoxy) is 2. The number of nitrogens with zero attached hydrogens (tertiary/aromatic N) is 6. The smallest absolute Gasteiger partial charge is 0.349 e. The van der Waals surface area contributed by atoms with Crippen LogP contribution in [0, 0.1) is 56.2 Å². The Kier molecular flexibility index (Phi) is 20.6. The molecular formula is C46H68N6O4. The molecular weight excluding hydrogens is 701 g/mol. The molecule has 56 heavy (non-hydrogen) atoms. The monoisotopic (exact) mass is 769 g/mol. The summed E-state index contributed by atoms with van der Waals surface area (Å²) in [7, 11) is 0. The Labute approximate surface area is 338 Å². The van der Waals surface area contributed by atoms with E-state index in [1.807, 2.05) is 0 Å². The van der Waals surface area contributed by atoms with E-state index >= 15 is 0 Å². The van der Waals surface area contributed by atoms with Gasteiger partial charge in [-0.25, -0.2) is 9.59 Å². The molecule has 10 nitrogen and oxygen atoms in total. The van der Waals surface area contributed by atoms with Crippen molar-refractivity contribution in [3.63, 3.8) is 0 Å². The molecule has 0 bridgehead atoms. The largest absolute Gasteiger partial charge is 0.462 e. The number of unbranched alkanes of at least 4 members (excludes halogenated alkanes) is 7. The van der Waals surface area contributed by atoms with E-state index < -0.39 is 11.9 Å². The van der Waals surface area contributed by atoms with E-state index in [9.17, 15) is 30.6 Å². The molecule has 10 heteroatoms. The predicted octanol–water partition coefficient (Wildman–Crippen LogP) is 10.3. The first-order chi connectivity index (χ1) is 26.8. The summed E-state index contributed by atoms with van der Waals surface area (Å²) in [6, 6.07) is 8.85. The quantitative estimate of drug-likeness (QED) is 0.0424. The second-order valence-corrected chi connectivity index (χ2v) is 16.9. The lowest BCUT2D eigenvalue weighted by Crippen LogP contribution is -2.33. The lowest BCUT2D eigenvalue weighted by atomic mass is 9.72. The average Bonchev–Trinajstić information content (AvgIpc) is 3.15. The minimum Gasteiger partial charge on any atom is -0.462 e. The van der Waals surface area contributed by atoms with Crippen molar-refractivity contribution in [1.82, 2.24) is 9.80 Å². The topological polar surface area (TPSA) is 154 Å². The Balaban J connectivity index is 2.08. The number of hydrogen-bond acceptors (Lipinski definition) is 10. The van der Waals surface area contributed by atoms with E-state index in [1.165, 1.54) is 0 Å². The van der Waals surface area contributed by atoms with E-state index in [0.29, 0.717) is 73.7 Å². The molecule has 0 aromatic heterocycles. The molecule has 0 fully saturated rings. The maximum atomic E-state index is 13.3. The van der Waals surface area contributed by atoms with Gasteiger partial charge in [-0.3, -0.25) is 0 Å². The van der Waals surface area contributed by atoms with Crippen LogP contribution in [-0.4, -0.2) is 61.1 Å². The first-order valence-corrected chi connectivity index (χ1v) is 21.2. The van der Waals surface area contributed by atoms with Gasteiger partial charge in [-0.1, -0.05) is 81.1 Å². The minimum absolute atomic E-state index is 0.0930. The Morgan fingerprint density at radius 1 is 0.536 bits per heavy atom. The van der Waals surface area contributed by atoms with Gasteiger partial charge in [0.15, 0.2) is 0 Å². The molecule has 0 aromatic rings. The lowest BCUT2D eigenvalue weighted by Gasteiger charge is -2.39. The van der Waals surface area contributed by atoms with Gasteiger partial charge in [0.2, 0.25) is 0 Å². The zero-order valence-corrected chi connectivity index (χ0v) is 35.9. The summed E-state index contributed by atoms with van der Waals surface area (Å²) in [5.41, 5.74) is 3.03. The third-order valence-corrected chi connectivity index (χ3v) is 10.6. The number of rotatable bonds is 23. The Hall–Kier alpha value is -4.54. The van der Waals surface area contributed by atoms with Gasteiger partial charge in [-0.15, -0.1) is 0 Å². The van der Waals surface area contributed by atoms with Crippen LogP contribution in [0.15, 0.2) is 44.8 Å². The van der Waals surface area contributed by atoms with Crippen LogP contribution in [0.1, 0.15) is 158 Å². The van der Waals surface area contributed by atoms with Crippen molar-refractivity contribution in [3.05, 3.63) is 44.8 Å². The Morgan fingerprint density at radius 2 is 0.857 bits per heavy atom. The highest BCUT2D eigenvalue weighted by Crippen LogP contribution is 2.45. The number of hydrogen-bond donors (Lipinski definition) is 0. The van der Waals surface area contributed by atoms with Gasteiger partial charge in [0.05, 0.1) is 24.4 Å². The molecule has 0 saturated heterocycles. The van der Waals surface area contributed by atoms with Crippen molar-refractivity contribution in [3.8, 4) is 24.3 Å². The molecule has 0 heterocycles. The molecule has 2 aliphatic rings. The average molecular weight is 769 g/mol. The van der Waals surface area contributed by atoms with Gasteiger partial charge >= 0.3 is 11.9 Å². The molecule has 0 atom stereocenters. The first kappa shape index (κ1) is 47.6. The normalized spacial score (nSPS) is 17.9.